The van der Waals surface area contributed by atoms with Crippen LogP contribution < -0.4 is 5.32 Å². The number of ether oxygens (including phenoxy) is 1. The molecule has 1 aromatic heterocycles. The summed E-state index contributed by atoms with van der Waals surface area (Å²) in [6.07, 6.45) is 6.42. The molecule has 2 aromatic carbocycles. The molecule has 1 aliphatic heterocycles. The molecule has 3 aromatic rings. The third-order valence-electron chi connectivity index (χ3n) is 5.61. The number of carbonyl (C=O) groups is 1. The summed E-state index contributed by atoms with van der Waals surface area (Å²) in [6, 6.07) is 14.4. The van der Waals surface area contributed by atoms with Gasteiger partial charge in [-0.1, -0.05) is 36.4 Å². The number of aromatic hydroxyl groups is 1. The molecule has 0 spiro atoms. The van der Waals surface area contributed by atoms with Gasteiger partial charge in [0.05, 0.1) is 6.61 Å². The summed E-state index contributed by atoms with van der Waals surface area (Å²) < 4.78 is 5.01. The number of H-pyrrole nitrogens is 1. The lowest BCUT2D eigenvalue weighted by Gasteiger charge is -2.24. The molecule has 0 aliphatic carbocycles. The maximum atomic E-state index is 12.0. The molecule has 31 heavy (non-hydrogen) atoms. The van der Waals surface area contributed by atoms with Gasteiger partial charge < -0.3 is 20.1 Å². The molecule has 1 aliphatic rings. The second kappa shape index (κ2) is 10.1. The number of nitrogens with one attached hydrogen (secondary N) is 2. The van der Waals surface area contributed by atoms with Crippen molar-refractivity contribution >= 4 is 34.2 Å². The minimum atomic E-state index is -0.503. The van der Waals surface area contributed by atoms with Gasteiger partial charge in [0.1, 0.15) is 11.3 Å². The topological polar surface area (TPSA) is 74.4 Å². The van der Waals surface area contributed by atoms with Crippen molar-refractivity contribution in [3.63, 3.8) is 0 Å². The summed E-state index contributed by atoms with van der Waals surface area (Å²) in [7, 11) is 0. The Morgan fingerprint density at radius 1 is 1.26 bits per heavy atom. The van der Waals surface area contributed by atoms with Crippen LogP contribution in [0.1, 0.15) is 41.3 Å². The van der Waals surface area contributed by atoms with Crippen molar-refractivity contribution in [1.82, 2.24) is 10.3 Å². The Bertz CT molecular complexity index is 1080. The van der Waals surface area contributed by atoms with Crippen LogP contribution in [0.4, 0.5) is 0 Å². The average Bonchev–Trinajstić information content (AvgIpc) is 3.18. The van der Waals surface area contributed by atoms with Crippen molar-refractivity contribution < 1.29 is 14.6 Å². The minimum Gasteiger partial charge on any atom is -0.507 e. The number of aromatic amines is 1. The van der Waals surface area contributed by atoms with Gasteiger partial charge in [-0.3, -0.25) is 0 Å². The first-order chi connectivity index (χ1) is 15.2. The second-order valence-electron chi connectivity index (χ2n) is 7.70. The first-order valence-electron chi connectivity index (χ1n) is 10.7. The lowest BCUT2D eigenvalue weighted by atomic mass is 9.94. The number of benzene rings is 2. The quantitative estimate of drug-likeness (QED) is 0.338. The van der Waals surface area contributed by atoms with Crippen molar-refractivity contribution in [3.05, 3.63) is 71.4 Å². The van der Waals surface area contributed by atoms with Crippen LogP contribution in [0.15, 0.2) is 54.7 Å². The Morgan fingerprint density at radius 3 is 2.90 bits per heavy atom. The Hall–Kier alpha value is -2.70. The van der Waals surface area contributed by atoms with Gasteiger partial charge in [-0.25, -0.2) is 4.79 Å². The molecule has 3 N–H and O–H groups in total. The Labute approximate surface area is 186 Å². The fraction of sp³-hybridized carbons (Fsp3) is 0.320. The molecule has 5 nitrogen and oxygen atoms in total. The standard InChI is InChI=1S/C25H28N2O3S/c1-2-30-25(29)22-13-23-21(14-24(22)28)19(15-27-23)16-31-11-9-20-12-18(8-10-26-20)17-6-4-3-5-7-17/h3-8,13-15,20,26-28H,2,9-12,16H2,1H3. The zero-order chi connectivity index (χ0) is 21.6. The van der Waals surface area contributed by atoms with Crippen molar-refractivity contribution in [2.24, 2.45) is 0 Å². The summed E-state index contributed by atoms with van der Waals surface area (Å²) in [5.74, 6) is 1.37. The molecular formula is C25H28N2O3S. The molecular weight excluding hydrogens is 408 g/mol. The number of fused-ring (bicyclic) bond motifs is 1. The molecule has 0 amide bonds. The maximum Gasteiger partial charge on any atom is 0.341 e. The number of esters is 1. The largest absolute Gasteiger partial charge is 0.507 e. The van der Waals surface area contributed by atoms with Crippen LogP contribution in [0.2, 0.25) is 0 Å². The van der Waals surface area contributed by atoms with Gasteiger partial charge >= 0.3 is 5.97 Å². The summed E-state index contributed by atoms with van der Waals surface area (Å²) in [5.41, 5.74) is 4.91. The third-order valence-corrected chi connectivity index (χ3v) is 6.65. The molecule has 1 unspecified atom stereocenters. The summed E-state index contributed by atoms with van der Waals surface area (Å²) >= 11 is 1.89. The highest BCUT2D eigenvalue weighted by molar-refractivity contribution is 7.98. The van der Waals surface area contributed by atoms with Gasteiger partial charge in [0, 0.05) is 35.4 Å². The average molecular weight is 437 g/mol. The van der Waals surface area contributed by atoms with Crippen LogP contribution in [-0.4, -0.2) is 41.0 Å². The molecule has 0 fully saturated rings. The fourth-order valence-electron chi connectivity index (χ4n) is 3.98. The van der Waals surface area contributed by atoms with E-state index in [-0.39, 0.29) is 17.9 Å². The molecule has 2 heterocycles. The van der Waals surface area contributed by atoms with Gasteiger partial charge in [-0.15, -0.1) is 0 Å². The number of aromatic nitrogens is 1. The number of phenols is 1. The zero-order valence-corrected chi connectivity index (χ0v) is 18.5. The van der Waals surface area contributed by atoms with Crippen LogP contribution in [0.25, 0.3) is 16.5 Å². The van der Waals surface area contributed by atoms with E-state index in [2.05, 4.69) is 46.7 Å². The van der Waals surface area contributed by atoms with E-state index < -0.39 is 5.97 Å². The lowest BCUT2D eigenvalue weighted by Crippen LogP contribution is -2.33. The Morgan fingerprint density at radius 2 is 2.10 bits per heavy atom. The molecule has 162 valence electrons. The number of carbonyl (C=O) groups excluding carboxylic acids is 1. The summed E-state index contributed by atoms with van der Waals surface area (Å²) in [5, 5.41) is 14.8. The zero-order valence-electron chi connectivity index (χ0n) is 17.7. The van der Waals surface area contributed by atoms with E-state index in [4.69, 9.17) is 4.74 Å². The lowest BCUT2D eigenvalue weighted by molar-refractivity contribution is 0.0523. The monoisotopic (exact) mass is 436 g/mol. The molecule has 1 atom stereocenters. The van der Waals surface area contributed by atoms with Gasteiger partial charge in [0.25, 0.3) is 0 Å². The van der Waals surface area contributed by atoms with Gasteiger partial charge in [0.15, 0.2) is 0 Å². The molecule has 0 saturated carbocycles. The summed E-state index contributed by atoms with van der Waals surface area (Å²) in [4.78, 5) is 15.2. The van der Waals surface area contributed by atoms with Crippen molar-refractivity contribution in [2.75, 3.05) is 18.9 Å². The van der Waals surface area contributed by atoms with Crippen LogP contribution in [0, 0.1) is 0 Å². The maximum absolute atomic E-state index is 12.0. The molecule has 6 heteroatoms. The predicted molar refractivity (Wildman–Crippen MR) is 128 cm³/mol. The van der Waals surface area contributed by atoms with E-state index in [1.807, 2.05) is 18.0 Å². The molecule has 0 bridgehead atoms. The summed E-state index contributed by atoms with van der Waals surface area (Å²) in [6.45, 7) is 2.95. The second-order valence-corrected chi connectivity index (χ2v) is 8.80. The molecule has 4 rings (SSSR count). The van der Waals surface area contributed by atoms with Crippen LogP contribution >= 0.6 is 11.8 Å². The number of phenolic OH excluding ortho intramolecular Hbond substituents is 1. The number of rotatable bonds is 8. The van der Waals surface area contributed by atoms with Crippen LogP contribution in [-0.2, 0) is 10.5 Å². The highest BCUT2D eigenvalue weighted by atomic mass is 32.2. The number of thioether (sulfide) groups is 1. The van der Waals surface area contributed by atoms with E-state index in [1.165, 1.54) is 11.1 Å². The SMILES string of the molecule is CCOC(=O)c1cc2[nH]cc(CSCCC3CC(c4ccccc4)=CCN3)c2cc1O. The van der Waals surface area contributed by atoms with Crippen LogP contribution in [0.3, 0.4) is 0 Å². The van der Waals surface area contributed by atoms with Gasteiger partial charge in [-0.05, 0) is 54.4 Å². The van der Waals surface area contributed by atoms with E-state index >= 15 is 0 Å². The van der Waals surface area contributed by atoms with Crippen LogP contribution in [0.5, 0.6) is 5.75 Å². The molecule has 0 saturated heterocycles. The number of hydrogen-bond acceptors (Lipinski definition) is 5. The smallest absolute Gasteiger partial charge is 0.341 e. The highest BCUT2D eigenvalue weighted by Gasteiger charge is 2.17. The van der Waals surface area contributed by atoms with E-state index in [1.54, 1.807) is 19.1 Å². The normalized spacial score (nSPS) is 16.3. The van der Waals surface area contributed by atoms with E-state index in [0.29, 0.717) is 6.04 Å². The highest BCUT2D eigenvalue weighted by Crippen LogP contribution is 2.30. The number of hydrogen-bond donors (Lipinski definition) is 3. The van der Waals surface area contributed by atoms with Crippen molar-refractivity contribution in [2.45, 2.75) is 31.6 Å². The minimum absolute atomic E-state index is 0.0385. The molecule has 0 radical (unpaired) electrons. The van der Waals surface area contributed by atoms with Gasteiger partial charge in [0.2, 0.25) is 0 Å². The third kappa shape index (κ3) is 5.14. The predicted octanol–water partition coefficient (Wildman–Crippen LogP) is 5.12. The first-order valence-corrected chi connectivity index (χ1v) is 11.9. The van der Waals surface area contributed by atoms with E-state index in [9.17, 15) is 9.90 Å². The fourth-order valence-corrected chi connectivity index (χ4v) is 5.03. The van der Waals surface area contributed by atoms with E-state index in [0.717, 1.165) is 47.4 Å². The Kier molecular flexibility index (Phi) is 6.99. The van der Waals surface area contributed by atoms with Gasteiger partial charge in [-0.2, -0.15) is 11.8 Å². The first kappa shape index (κ1) is 21.5. The van der Waals surface area contributed by atoms with Crippen molar-refractivity contribution in [1.29, 1.82) is 0 Å². The Balaban J connectivity index is 1.31. The van der Waals surface area contributed by atoms with Crippen molar-refractivity contribution in [3.8, 4) is 5.75 Å².